The molecule has 1 aliphatic heterocycles. The van der Waals surface area contributed by atoms with E-state index < -0.39 is 5.97 Å². The number of nitrogens with zero attached hydrogens (tertiary/aromatic N) is 1. The van der Waals surface area contributed by atoms with Gasteiger partial charge in [-0.2, -0.15) is 0 Å². The lowest BCUT2D eigenvalue weighted by Gasteiger charge is -2.10. The molecule has 0 aliphatic carbocycles. The third-order valence-electron chi connectivity index (χ3n) is 3.15. The molecule has 0 N–H and O–H groups in total. The number of benzene rings is 1. The molecule has 134 valence electrons. The third kappa shape index (κ3) is 4.68. The number of hydrogen-bond donors (Lipinski definition) is 0. The van der Waals surface area contributed by atoms with E-state index in [0.717, 1.165) is 16.7 Å². The molecule has 9 heteroatoms. The molecule has 1 aliphatic rings. The van der Waals surface area contributed by atoms with Gasteiger partial charge in [0.2, 0.25) is 0 Å². The highest BCUT2D eigenvalue weighted by Crippen LogP contribution is 2.37. The van der Waals surface area contributed by atoms with Gasteiger partial charge in [0, 0.05) is 6.54 Å². The average Bonchev–Trinajstić information content (AvgIpc) is 2.80. The summed E-state index contributed by atoms with van der Waals surface area (Å²) in [6.45, 7) is 3.65. The van der Waals surface area contributed by atoms with Gasteiger partial charge in [0.15, 0.2) is 12.4 Å². The van der Waals surface area contributed by atoms with Crippen LogP contribution in [0.4, 0.5) is 4.79 Å². The first-order valence-corrected chi connectivity index (χ1v) is 8.97. The van der Waals surface area contributed by atoms with E-state index in [2.05, 4.69) is 0 Å². The zero-order valence-electron chi connectivity index (χ0n) is 13.5. The number of likely N-dealkylation sites (N-methyl/N-ethyl adjacent to an activating group) is 1. The Morgan fingerprint density at radius 3 is 2.40 bits per heavy atom. The molecule has 0 bridgehead atoms. The molecule has 1 aromatic carbocycles. The van der Waals surface area contributed by atoms with Crippen molar-refractivity contribution in [1.29, 1.82) is 0 Å². The van der Waals surface area contributed by atoms with Crippen LogP contribution in [0.25, 0.3) is 6.08 Å². The summed E-state index contributed by atoms with van der Waals surface area (Å²) >= 11 is 13.1. The van der Waals surface area contributed by atoms with Gasteiger partial charge in [0.05, 0.1) is 21.6 Å². The molecule has 1 fully saturated rings. The van der Waals surface area contributed by atoms with Crippen molar-refractivity contribution in [3.8, 4) is 5.75 Å². The molecule has 0 spiro atoms. The predicted molar refractivity (Wildman–Crippen MR) is 96.9 cm³/mol. The van der Waals surface area contributed by atoms with Crippen molar-refractivity contribution in [3.63, 3.8) is 0 Å². The van der Waals surface area contributed by atoms with Gasteiger partial charge in [0.25, 0.3) is 11.1 Å². The summed E-state index contributed by atoms with van der Waals surface area (Å²) in [6.07, 6.45) is 1.54. The Kier molecular flexibility index (Phi) is 6.75. The lowest BCUT2D eigenvalue weighted by atomic mass is 10.2. The molecule has 0 radical (unpaired) electrons. The van der Waals surface area contributed by atoms with Crippen molar-refractivity contribution in [2.24, 2.45) is 0 Å². The molecule has 1 aromatic rings. The zero-order chi connectivity index (χ0) is 18.6. The molecule has 2 amide bonds. The highest BCUT2D eigenvalue weighted by atomic mass is 35.5. The molecule has 0 saturated carbocycles. The molecule has 2 rings (SSSR count). The summed E-state index contributed by atoms with van der Waals surface area (Å²) in [5.74, 6) is -0.741. The second kappa shape index (κ2) is 8.60. The van der Waals surface area contributed by atoms with Gasteiger partial charge < -0.3 is 9.47 Å². The Morgan fingerprint density at radius 2 is 1.88 bits per heavy atom. The lowest BCUT2D eigenvalue weighted by Crippen LogP contribution is -2.27. The van der Waals surface area contributed by atoms with Gasteiger partial charge >= 0.3 is 5.97 Å². The first-order valence-electron chi connectivity index (χ1n) is 7.40. The smallest absolute Gasteiger partial charge is 0.344 e. The predicted octanol–water partition coefficient (Wildman–Crippen LogP) is 3.99. The molecule has 0 unspecified atom stereocenters. The van der Waals surface area contributed by atoms with Crippen LogP contribution < -0.4 is 4.74 Å². The summed E-state index contributed by atoms with van der Waals surface area (Å²) in [4.78, 5) is 36.6. The minimum Gasteiger partial charge on any atom is -0.479 e. The summed E-state index contributed by atoms with van der Waals surface area (Å²) in [5.41, 5.74) is 0.542. The largest absolute Gasteiger partial charge is 0.479 e. The van der Waals surface area contributed by atoms with Crippen molar-refractivity contribution in [2.75, 3.05) is 19.8 Å². The number of rotatable bonds is 6. The minimum atomic E-state index is -0.535. The maximum atomic E-state index is 12.1. The van der Waals surface area contributed by atoms with Crippen LogP contribution in [0, 0.1) is 0 Å². The van der Waals surface area contributed by atoms with Gasteiger partial charge in [-0.15, -0.1) is 0 Å². The number of amides is 2. The number of halogens is 2. The zero-order valence-corrected chi connectivity index (χ0v) is 15.8. The number of carbonyl (C=O) groups excluding carboxylic acids is 3. The van der Waals surface area contributed by atoms with Gasteiger partial charge in [-0.1, -0.05) is 23.2 Å². The van der Waals surface area contributed by atoms with Gasteiger partial charge in [0.1, 0.15) is 0 Å². The Labute approximate surface area is 159 Å². The first-order chi connectivity index (χ1) is 11.9. The molecule has 25 heavy (non-hydrogen) atoms. The Bertz CT molecular complexity index is 727. The second-order valence-electron chi connectivity index (χ2n) is 4.83. The van der Waals surface area contributed by atoms with E-state index in [0.29, 0.717) is 17.0 Å². The van der Waals surface area contributed by atoms with Crippen LogP contribution in [0.15, 0.2) is 17.0 Å². The van der Waals surface area contributed by atoms with Gasteiger partial charge in [-0.3, -0.25) is 14.5 Å². The van der Waals surface area contributed by atoms with Crippen LogP contribution >= 0.6 is 35.0 Å². The van der Waals surface area contributed by atoms with Crippen LogP contribution in [-0.4, -0.2) is 41.8 Å². The fourth-order valence-electron chi connectivity index (χ4n) is 2.06. The Hall–Kier alpha value is -1.70. The quantitative estimate of drug-likeness (QED) is 0.527. The van der Waals surface area contributed by atoms with Crippen LogP contribution in [0.5, 0.6) is 5.75 Å². The number of esters is 1. The Balaban J connectivity index is 2.20. The maximum absolute atomic E-state index is 12.1. The number of ether oxygens (including phenoxy) is 2. The van der Waals surface area contributed by atoms with E-state index in [1.165, 1.54) is 18.2 Å². The highest BCUT2D eigenvalue weighted by molar-refractivity contribution is 8.18. The van der Waals surface area contributed by atoms with E-state index in [-0.39, 0.29) is 40.2 Å². The molecular formula is C16H15Cl2NO5S. The fraction of sp³-hybridized carbons (Fsp3) is 0.312. The van der Waals surface area contributed by atoms with Crippen molar-refractivity contribution < 1.29 is 23.9 Å². The lowest BCUT2D eigenvalue weighted by molar-refractivity contribution is -0.145. The van der Waals surface area contributed by atoms with Crippen LogP contribution in [0.3, 0.4) is 0 Å². The van der Waals surface area contributed by atoms with E-state index in [4.69, 9.17) is 32.7 Å². The van der Waals surface area contributed by atoms with Crippen LogP contribution in [0.1, 0.15) is 19.4 Å². The molecule has 0 atom stereocenters. The maximum Gasteiger partial charge on any atom is 0.344 e. The van der Waals surface area contributed by atoms with Crippen molar-refractivity contribution >= 4 is 58.2 Å². The van der Waals surface area contributed by atoms with Crippen molar-refractivity contribution in [3.05, 3.63) is 32.6 Å². The average molecular weight is 404 g/mol. The molecular weight excluding hydrogens is 389 g/mol. The van der Waals surface area contributed by atoms with Crippen molar-refractivity contribution in [2.45, 2.75) is 13.8 Å². The molecule has 1 heterocycles. The summed E-state index contributed by atoms with van der Waals surface area (Å²) in [6, 6.07) is 3.07. The monoisotopic (exact) mass is 403 g/mol. The second-order valence-corrected chi connectivity index (χ2v) is 6.64. The van der Waals surface area contributed by atoms with Crippen LogP contribution in [-0.2, 0) is 14.3 Å². The molecule has 0 aromatic heterocycles. The number of thioether (sulfide) groups is 1. The van der Waals surface area contributed by atoms with Crippen LogP contribution in [0.2, 0.25) is 10.0 Å². The van der Waals surface area contributed by atoms with E-state index in [1.807, 2.05) is 0 Å². The van der Waals surface area contributed by atoms with E-state index in [9.17, 15) is 14.4 Å². The van der Waals surface area contributed by atoms with E-state index >= 15 is 0 Å². The number of imide groups is 1. The van der Waals surface area contributed by atoms with Gasteiger partial charge in [-0.05, 0) is 49.4 Å². The number of hydrogen-bond acceptors (Lipinski definition) is 6. The molecule has 1 saturated heterocycles. The van der Waals surface area contributed by atoms with Crippen molar-refractivity contribution in [1.82, 2.24) is 4.90 Å². The normalized spacial score (nSPS) is 15.8. The Morgan fingerprint density at radius 1 is 1.24 bits per heavy atom. The first kappa shape index (κ1) is 19.6. The SMILES string of the molecule is CCOC(=O)COc1c(Cl)cc(/C=C2\SC(=O)N(CC)C2=O)cc1Cl. The summed E-state index contributed by atoms with van der Waals surface area (Å²) in [7, 11) is 0. The van der Waals surface area contributed by atoms with E-state index in [1.54, 1.807) is 13.8 Å². The standard InChI is InChI=1S/C16H15Cl2NO5S/c1-3-19-15(21)12(25-16(19)22)7-9-5-10(17)14(11(18)6-9)24-8-13(20)23-4-2/h5-7H,3-4,8H2,1-2H3/b12-7-. The topological polar surface area (TPSA) is 72.9 Å². The minimum absolute atomic E-state index is 0.148. The highest BCUT2D eigenvalue weighted by Gasteiger charge is 2.33. The summed E-state index contributed by atoms with van der Waals surface area (Å²) in [5, 5.41) is 0.0425. The number of carbonyl (C=O) groups is 3. The third-order valence-corrected chi connectivity index (χ3v) is 4.62. The molecule has 6 nitrogen and oxygen atoms in total. The fourth-order valence-corrected chi connectivity index (χ4v) is 3.57. The summed E-state index contributed by atoms with van der Waals surface area (Å²) < 4.78 is 10.0. The van der Waals surface area contributed by atoms with Gasteiger partial charge in [-0.25, -0.2) is 4.79 Å².